The van der Waals surface area contributed by atoms with Crippen LogP contribution in [-0.2, 0) is 4.74 Å². The standard InChI is InChI=1S/C8H16N2O.C2H6/c9-10-5-1-3-8(10)4-2-6-11-7-8;1-2/h1-7,9H2;1-2H3. The van der Waals surface area contributed by atoms with Gasteiger partial charge in [0.1, 0.15) is 0 Å². The quantitative estimate of drug-likeness (QED) is 0.583. The predicted molar refractivity (Wildman–Crippen MR) is 54.3 cm³/mol. The fourth-order valence-electron chi connectivity index (χ4n) is 2.22. The number of hydrogen-bond donors (Lipinski definition) is 1. The number of rotatable bonds is 0. The lowest BCUT2D eigenvalue weighted by Gasteiger charge is -2.38. The van der Waals surface area contributed by atoms with Crippen LogP contribution in [0.25, 0.3) is 0 Å². The molecule has 2 aliphatic rings. The van der Waals surface area contributed by atoms with E-state index >= 15 is 0 Å². The molecule has 3 heteroatoms. The Hall–Kier alpha value is -0.120. The van der Waals surface area contributed by atoms with Gasteiger partial charge in [0.05, 0.1) is 12.1 Å². The zero-order valence-electron chi connectivity index (χ0n) is 8.88. The molecule has 13 heavy (non-hydrogen) atoms. The zero-order valence-corrected chi connectivity index (χ0v) is 8.88. The van der Waals surface area contributed by atoms with Gasteiger partial charge in [-0.15, -0.1) is 0 Å². The number of hydrogen-bond acceptors (Lipinski definition) is 3. The van der Waals surface area contributed by atoms with Crippen molar-refractivity contribution in [2.75, 3.05) is 19.8 Å². The Morgan fingerprint density at radius 3 is 2.38 bits per heavy atom. The lowest BCUT2D eigenvalue weighted by Crippen LogP contribution is -2.53. The number of nitrogens with zero attached hydrogens (tertiary/aromatic N) is 1. The number of nitrogens with two attached hydrogens (primary N) is 1. The van der Waals surface area contributed by atoms with Crippen LogP contribution in [0.2, 0.25) is 0 Å². The molecule has 0 aliphatic carbocycles. The van der Waals surface area contributed by atoms with Crippen LogP contribution in [0.3, 0.4) is 0 Å². The summed E-state index contributed by atoms with van der Waals surface area (Å²) >= 11 is 0. The van der Waals surface area contributed by atoms with Gasteiger partial charge in [0.25, 0.3) is 0 Å². The van der Waals surface area contributed by atoms with E-state index in [0.717, 1.165) is 19.8 Å². The topological polar surface area (TPSA) is 38.5 Å². The molecule has 2 N–H and O–H groups in total. The van der Waals surface area contributed by atoms with E-state index in [1.165, 1.54) is 25.7 Å². The van der Waals surface area contributed by atoms with Crippen LogP contribution in [0.4, 0.5) is 0 Å². The van der Waals surface area contributed by atoms with Gasteiger partial charge in [-0.2, -0.15) is 0 Å². The average Bonchev–Trinajstić information content (AvgIpc) is 2.53. The molecule has 0 amide bonds. The second kappa shape index (κ2) is 4.94. The van der Waals surface area contributed by atoms with Gasteiger partial charge in [0.15, 0.2) is 0 Å². The van der Waals surface area contributed by atoms with Crippen molar-refractivity contribution in [3.63, 3.8) is 0 Å². The van der Waals surface area contributed by atoms with Crippen molar-refractivity contribution in [2.45, 2.75) is 45.1 Å². The van der Waals surface area contributed by atoms with E-state index in [0.29, 0.717) is 0 Å². The molecule has 1 atom stereocenters. The lowest BCUT2D eigenvalue weighted by molar-refractivity contribution is -0.0297. The maximum absolute atomic E-state index is 5.90. The molecule has 2 aliphatic heterocycles. The van der Waals surface area contributed by atoms with Crippen molar-refractivity contribution in [1.29, 1.82) is 0 Å². The number of hydrazine groups is 1. The van der Waals surface area contributed by atoms with Gasteiger partial charge in [-0.3, -0.25) is 5.84 Å². The SMILES string of the molecule is CC.NN1CCCC12CCCOC2. The number of ether oxygens (including phenoxy) is 1. The van der Waals surface area contributed by atoms with E-state index in [4.69, 9.17) is 10.6 Å². The van der Waals surface area contributed by atoms with Crippen molar-refractivity contribution in [2.24, 2.45) is 5.84 Å². The summed E-state index contributed by atoms with van der Waals surface area (Å²) in [6, 6.07) is 0. The van der Waals surface area contributed by atoms with Gasteiger partial charge in [-0.05, 0) is 25.7 Å². The second-order valence-corrected chi connectivity index (χ2v) is 3.68. The minimum Gasteiger partial charge on any atom is -0.379 e. The van der Waals surface area contributed by atoms with Gasteiger partial charge in [-0.25, -0.2) is 5.01 Å². The van der Waals surface area contributed by atoms with Crippen LogP contribution < -0.4 is 5.84 Å². The van der Waals surface area contributed by atoms with Crippen molar-refractivity contribution >= 4 is 0 Å². The fourth-order valence-corrected chi connectivity index (χ4v) is 2.22. The summed E-state index contributed by atoms with van der Waals surface area (Å²) in [5, 5.41) is 1.99. The smallest absolute Gasteiger partial charge is 0.0663 e. The van der Waals surface area contributed by atoms with E-state index in [1.807, 2.05) is 18.9 Å². The van der Waals surface area contributed by atoms with E-state index < -0.39 is 0 Å². The van der Waals surface area contributed by atoms with Gasteiger partial charge in [0, 0.05) is 13.2 Å². The van der Waals surface area contributed by atoms with Gasteiger partial charge >= 0.3 is 0 Å². The van der Waals surface area contributed by atoms with Gasteiger partial charge < -0.3 is 4.74 Å². The van der Waals surface area contributed by atoms with Crippen molar-refractivity contribution < 1.29 is 4.74 Å². The summed E-state index contributed by atoms with van der Waals surface area (Å²) in [5.74, 6) is 5.90. The fraction of sp³-hybridized carbons (Fsp3) is 1.00. The van der Waals surface area contributed by atoms with Crippen LogP contribution in [0, 0.1) is 0 Å². The Labute approximate surface area is 81.2 Å². The molecule has 78 valence electrons. The molecule has 2 rings (SSSR count). The first-order valence-electron chi connectivity index (χ1n) is 5.44. The summed E-state index contributed by atoms with van der Waals surface area (Å²) in [4.78, 5) is 0. The van der Waals surface area contributed by atoms with Crippen LogP contribution in [0.15, 0.2) is 0 Å². The Bertz CT molecular complexity index is 144. The molecule has 2 heterocycles. The lowest BCUT2D eigenvalue weighted by atomic mass is 9.91. The highest BCUT2D eigenvalue weighted by molar-refractivity contribution is 4.94. The van der Waals surface area contributed by atoms with Gasteiger partial charge in [-0.1, -0.05) is 13.8 Å². The van der Waals surface area contributed by atoms with Crippen LogP contribution >= 0.6 is 0 Å². The highest BCUT2D eigenvalue weighted by atomic mass is 16.5. The Morgan fingerprint density at radius 2 is 1.92 bits per heavy atom. The predicted octanol–water partition coefficient (Wildman–Crippen LogP) is 1.53. The molecule has 0 aromatic heterocycles. The van der Waals surface area contributed by atoms with E-state index in [2.05, 4.69) is 0 Å². The molecular weight excluding hydrogens is 164 g/mol. The van der Waals surface area contributed by atoms with Gasteiger partial charge in [0.2, 0.25) is 0 Å². The molecule has 1 spiro atoms. The molecule has 3 nitrogen and oxygen atoms in total. The first-order valence-corrected chi connectivity index (χ1v) is 5.44. The Kier molecular flexibility index (Phi) is 4.16. The van der Waals surface area contributed by atoms with Crippen LogP contribution in [-0.4, -0.2) is 30.3 Å². The molecule has 0 aromatic rings. The molecule has 0 aromatic carbocycles. The van der Waals surface area contributed by atoms with Crippen molar-refractivity contribution in [3.05, 3.63) is 0 Å². The van der Waals surface area contributed by atoms with E-state index in [1.54, 1.807) is 0 Å². The minimum atomic E-state index is 0.220. The molecule has 2 saturated heterocycles. The maximum atomic E-state index is 5.90. The molecular formula is C10H22N2O. The molecule has 0 bridgehead atoms. The monoisotopic (exact) mass is 186 g/mol. The first-order chi connectivity index (χ1) is 6.33. The minimum absolute atomic E-state index is 0.220. The van der Waals surface area contributed by atoms with Crippen LogP contribution in [0.5, 0.6) is 0 Å². The molecule has 2 fully saturated rings. The molecule has 0 saturated carbocycles. The summed E-state index contributed by atoms with van der Waals surface area (Å²) in [6.07, 6.45) is 4.86. The highest BCUT2D eigenvalue weighted by Crippen LogP contribution is 2.33. The van der Waals surface area contributed by atoms with E-state index in [9.17, 15) is 0 Å². The van der Waals surface area contributed by atoms with E-state index in [-0.39, 0.29) is 5.54 Å². The maximum Gasteiger partial charge on any atom is 0.0663 e. The zero-order chi connectivity index (χ0) is 9.73. The molecule has 1 unspecified atom stereocenters. The summed E-state index contributed by atoms with van der Waals surface area (Å²) in [7, 11) is 0. The Balaban J connectivity index is 0.000000396. The average molecular weight is 186 g/mol. The Morgan fingerprint density at radius 1 is 1.23 bits per heavy atom. The largest absolute Gasteiger partial charge is 0.379 e. The molecule has 0 radical (unpaired) electrons. The summed E-state index contributed by atoms with van der Waals surface area (Å²) in [5.41, 5.74) is 0.220. The second-order valence-electron chi connectivity index (χ2n) is 3.68. The third kappa shape index (κ3) is 2.22. The first kappa shape index (κ1) is 11.0. The highest BCUT2D eigenvalue weighted by Gasteiger charge is 2.40. The third-order valence-corrected chi connectivity index (χ3v) is 2.95. The van der Waals surface area contributed by atoms with Crippen molar-refractivity contribution in [3.8, 4) is 0 Å². The third-order valence-electron chi connectivity index (χ3n) is 2.95. The van der Waals surface area contributed by atoms with Crippen LogP contribution in [0.1, 0.15) is 39.5 Å². The summed E-state index contributed by atoms with van der Waals surface area (Å²) in [6.45, 7) is 6.82. The normalized spacial score (nSPS) is 34.4. The summed E-state index contributed by atoms with van der Waals surface area (Å²) < 4.78 is 5.46. The van der Waals surface area contributed by atoms with Crippen molar-refractivity contribution in [1.82, 2.24) is 5.01 Å².